The van der Waals surface area contributed by atoms with Crippen LogP contribution in [0.4, 0.5) is 0 Å². The highest BCUT2D eigenvalue weighted by Gasteiger charge is 2.15. The molecule has 1 rings (SSSR count). The van der Waals surface area contributed by atoms with Gasteiger partial charge in [-0.25, -0.2) is 4.31 Å². The Balaban J connectivity index is 1.98. The van der Waals surface area contributed by atoms with Gasteiger partial charge in [-0.1, -0.05) is 11.7 Å². The van der Waals surface area contributed by atoms with Crippen molar-refractivity contribution >= 4 is 22.6 Å². The molecule has 0 aromatic heterocycles. The first-order chi connectivity index (χ1) is 6.86. The normalized spacial score (nSPS) is 20.1. The van der Waals surface area contributed by atoms with Gasteiger partial charge >= 0.3 is 0 Å². The molecule has 14 heavy (non-hydrogen) atoms. The Hall–Kier alpha value is 0.540. The van der Waals surface area contributed by atoms with Gasteiger partial charge in [0.25, 0.3) is 0 Å². The van der Waals surface area contributed by atoms with Crippen LogP contribution in [0.5, 0.6) is 0 Å². The Labute approximate surface area is 94.5 Å². The molecule has 0 aromatic rings. The third-order valence-corrected chi connectivity index (χ3v) is 3.52. The van der Waals surface area contributed by atoms with E-state index in [1.807, 2.05) is 0 Å². The second-order valence-corrected chi connectivity index (χ2v) is 4.36. The number of aliphatic hydroxyl groups is 1. The molecule has 0 radical (unpaired) electrons. The summed E-state index contributed by atoms with van der Waals surface area (Å²) in [5, 5.41) is 8.51. The Morgan fingerprint density at radius 2 is 1.93 bits per heavy atom. The Morgan fingerprint density at radius 3 is 2.50 bits per heavy atom. The minimum Gasteiger partial charge on any atom is -0.394 e. The third kappa shape index (κ3) is 4.86. The van der Waals surface area contributed by atoms with Gasteiger partial charge in [0.05, 0.1) is 19.8 Å². The van der Waals surface area contributed by atoms with Gasteiger partial charge < -0.3 is 9.84 Å². The van der Waals surface area contributed by atoms with Crippen LogP contribution in [-0.2, 0) is 4.74 Å². The summed E-state index contributed by atoms with van der Waals surface area (Å²) < 4.78 is 7.46. The lowest BCUT2D eigenvalue weighted by Crippen LogP contribution is -2.44. The Bertz CT molecular complexity index is 143. The second-order valence-electron chi connectivity index (χ2n) is 3.19. The molecule has 1 N–H and O–H groups in total. The molecule has 0 aliphatic carbocycles. The molecule has 0 aromatic carbocycles. The monoisotopic (exact) mass is 238 g/mol. The first kappa shape index (κ1) is 12.6. The zero-order valence-corrected chi connectivity index (χ0v) is 9.97. The maximum Gasteiger partial charge on any atom is 0.0698 e. The van der Waals surface area contributed by atoms with E-state index in [0.29, 0.717) is 13.2 Å². The summed E-state index contributed by atoms with van der Waals surface area (Å²) in [5.41, 5.74) is 0. The number of hydrogen-bond acceptors (Lipinski definition) is 6. The molecule has 1 saturated heterocycles. The van der Waals surface area contributed by atoms with Crippen molar-refractivity contribution in [3.8, 4) is 0 Å². The summed E-state index contributed by atoms with van der Waals surface area (Å²) in [6, 6.07) is 0. The van der Waals surface area contributed by atoms with Crippen molar-refractivity contribution in [3.05, 3.63) is 0 Å². The molecule has 6 heteroatoms. The van der Waals surface area contributed by atoms with Crippen LogP contribution in [0.3, 0.4) is 0 Å². The molecular weight excluding hydrogens is 220 g/mol. The molecule has 0 amide bonds. The lowest BCUT2D eigenvalue weighted by Gasteiger charge is -2.32. The number of nitrogens with zero attached hydrogens (tertiary/aromatic N) is 2. The van der Waals surface area contributed by atoms with Crippen molar-refractivity contribution < 1.29 is 9.84 Å². The fraction of sp³-hybridized carbons (Fsp3) is 1.00. The first-order valence-electron chi connectivity index (χ1n) is 4.84. The average Bonchev–Trinajstić information content (AvgIpc) is 2.25. The number of ether oxygens (including phenoxy) is 1. The van der Waals surface area contributed by atoms with Gasteiger partial charge in [-0.05, 0) is 11.0 Å². The van der Waals surface area contributed by atoms with Gasteiger partial charge in [0.15, 0.2) is 0 Å². The Kier molecular flexibility index (Phi) is 7.01. The van der Waals surface area contributed by atoms with E-state index in [0.717, 1.165) is 32.7 Å². The van der Waals surface area contributed by atoms with Crippen LogP contribution < -0.4 is 0 Å². The summed E-state index contributed by atoms with van der Waals surface area (Å²) in [6.45, 7) is 6.53. The van der Waals surface area contributed by atoms with Gasteiger partial charge in [0.1, 0.15) is 0 Å². The van der Waals surface area contributed by atoms with Crippen LogP contribution in [0.2, 0.25) is 0 Å². The first-order valence-corrected chi connectivity index (χ1v) is 6.67. The van der Waals surface area contributed by atoms with E-state index >= 15 is 0 Å². The van der Waals surface area contributed by atoms with E-state index in [4.69, 9.17) is 9.84 Å². The zero-order chi connectivity index (χ0) is 10.2. The van der Waals surface area contributed by atoms with E-state index in [2.05, 4.69) is 20.9 Å². The van der Waals surface area contributed by atoms with Gasteiger partial charge in [0.2, 0.25) is 0 Å². The van der Waals surface area contributed by atoms with Gasteiger partial charge in [-0.2, -0.15) is 0 Å². The van der Waals surface area contributed by atoms with Crippen molar-refractivity contribution in [2.24, 2.45) is 0 Å². The molecule has 1 aliphatic rings. The summed E-state index contributed by atoms with van der Waals surface area (Å²) in [6.07, 6.45) is 0. The Morgan fingerprint density at radius 1 is 1.21 bits per heavy atom. The third-order valence-electron chi connectivity index (χ3n) is 2.23. The predicted molar refractivity (Wildman–Crippen MR) is 62.5 cm³/mol. The topological polar surface area (TPSA) is 35.9 Å². The van der Waals surface area contributed by atoms with Crippen LogP contribution >= 0.6 is 22.6 Å². The summed E-state index contributed by atoms with van der Waals surface area (Å²) in [7, 11) is 1.52. The standard InChI is InChI=1S/C8H18N2O2S2/c11-6-8-12-7-5-9-1-3-10(14-13)4-2-9/h11,13H,1-8H2. The maximum atomic E-state index is 8.51. The average molecular weight is 238 g/mol. The summed E-state index contributed by atoms with van der Waals surface area (Å²) in [5.74, 6) is 0. The van der Waals surface area contributed by atoms with E-state index < -0.39 is 0 Å². The highest BCUT2D eigenvalue weighted by molar-refractivity contribution is 8.67. The smallest absolute Gasteiger partial charge is 0.0698 e. The number of rotatable bonds is 6. The van der Waals surface area contributed by atoms with Crippen molar-refractivity contribution in [3.63, 3.8) is 0 Å². The van der Waals surface area contributed by atoms with E-state index in [1.165, 1.54) is 11.0 Å². The van der Waals surface area contributed by atoms with Crippen LogP contribution in [-0.4, -0.2) is 66.9 Å². The van der Waals surface area contributed by atoms with E-state index in [1.54, 1.807) is 0 Å². The molecule has 0 saturated carbocycles. The SMILES string of the molecule is OCCOCCN1CCN(SS)CC1. The highest BCUT2D eigenvalue weighted by atomic mass is 33.1. The molecule has 1 fully saturated rings. The van der Waals surface area contributed by atoms with Crippen molar-refractivity contribution in [1.82, 2.24) is 9.21 Å². The fourth-order valence-electron chi connectivity index (χ4n) is 1.40. The van der Waals surface area contributed by atoms with Crippen molar-refractivity contribution in [2.45, 2.75) is 0 Å². The number of aliphatic hydroxyl groups excluding tert-OH is 1. The number of piperazine rings is 1. The minimum absolute atomic E-state index is 0.115. The maximum absolute atomic E-state index is 8.51. The highest BCUT2D eigenvalue weighted by Crippen LogP contribution is 2.15. The molecule has 4 nitrogen and oxygen atoms in total. The zero-order valence-electron chi connectivity index (χ0n) is 8.26. The summed E-state index contributed by atoms with van der Waals surface area (Å²) in [4.78, 5) is 2.37. The number of thiol groups is 1. The molecule has 0 spiro atoms. The van der Waals surface area contributed by atoms with Crippen LogP contribution in [0, 0.1) is 0 Å². The molecule has 0 unspecified atom stereocenters. The fourth-order valence-corrected chi connectivity index (χ4v) is 2.21. The van der Waals surface area contributed by atoms with Crippen LogP contribution in [0.25, 0.3) is 0 Å². The number of hydrogen-bond donors (Lipinski definition) is 2. The molecule has 1 heterocycles. The molecule has 0 atom stereocenters. The summed E-state index contributed by atoms with van der Waals surface area (Å²) >= 11 is 4.16. The van der Waals surface area contributed by atoms with Crippen LogP contribution in [0.15, 0.2) is 0 Å². The predicted octanol–water partition coefficient (Wildman–Crippen LogP) is 0.106. The molecule has 1 aliphatic heterocycles. The lowest BCUT2D eigenvalue weighted by atomic mass is 10.3. The quantitative estimate of drug-likeness (QED) is 0.297. The van der Waals surface area contributed by atoms with E-state index in [-0.39, 0.29) is 6.61 Å². The van der Waals surface area contributed by atoms with Crippen molar-refractivity contribution in [1.29, 1.82) is 0 Å². The van der Waals surface area contributed by atoms with Gasteiger partial charge in [-0.15, -0.1) is 0 Å². The molecule has 0 bridgehead atoms. The second kappa shape index (κ2) is 7.78. The van der Waals surface area contributed by atoms with E-state index in [9.17, 15) is 0 Å². The molecular formula is C8H18N2O2S2. The minimum atomic E-state index is 0.115. The largest absolute Gasteiger partial charge is 0.394 e. The molecule has 84 valence electrons. The van der Waals surface area contributed by atoms with Gasteiger partial charge in [-0.3, -0.25) is 4.90 Å². The van der Waals surface area contributed by atoms with Crippen LogP contribution in [0.1, 0.15) is 0 Å². The lowest BCUT2D eigenvalue weighted by molar-refractivity contribution is 0.0669. The van der Waals surface area contributed by atoms with Crippen molar-refractivity contribution in [2.75, 3.05) is 52.5 Å². The van der Waals surface area contributed by atoms with Gasteiger partial charge in [0, 0.05) is 32.7 Å².